The molecular weight excluding hydrogens is 306 g/mol. The second-order valence-electron chi connectivity index (χ2n) is 4.78. The average molecular weight is 323 g/mol. The van der Waals surface area contributed by atoms with Gasteiger partial charge in [0.2, 0.25) is 0 Å². The SMILES string of the molecule is CCN(C(=O)c1cc(C(=O)O)cs1)C(C)Cc1ccsc1. The molecule has 0 aliphatic carbocycles. The highest BCUT2D eigenvalue weighted by molar-refractivity contribution is 7.12. The molecule has 0 aromatic carbocycles. The largest absolute Gasteiger partial charge is 0.478 e. The molecular formula is C15H17NO3S2. The van der Waals surface area contributed by atoms with Crippen LogP contribution in [0.15, 0.2) is 28.3 Å². The standard InChI is InChI=1S/C15H17NO3S2/c1-3-16(10(2)6-11-4-5-20-8-11)14(17)13-7-12(9-21-13)15(18)19/h4-5,7-10H,3,6H2,1-2H3,(H,18,19). The van der Waals surface area contributed by atoms with Crippen molar-refractivity contribution in [2.24, 2.45) is 0 Å². The monoisotopic (exact) mass is 323 g/mol. The molecule has 1 unspecified atom stereocenters. The third-order valence-corrected chi connectivity index (χ3v) is 4.95. The van der Waals surface area contributed by atoms with Crippen LogP contribution in [0.2, 0.25) is 0 Å². The van der Waals surface area contributed by atoms with E-state index in [1.165, 1.54) is 28.3 Å². The normalized spacial score (nSPS) is 12.1. The van der Waals surface area contributed by atoms with Crippen molar-refractivity contribution in [3.63, 3.8) is 0 Å². The maximum absolute atomic E-state index is 12.5. The summed E-state index contributed by atoms with van der Waals surface area (Å²) in [5.41, 5.74) is 1.39. The van der Waals surface area contributed by atoms with Gasteiger partial charge in [0.05, 0.1) is 10.4 Å². The Morgan fingerprint density at radius 2 is 2.14 bits per heavy atom. The average Bonchev–Trinajstić information content (AvgIpc) is 3.09. The molecule has 0 saturated carbocycles. The Hall–Kier alpha value is -1.66. The summed E-state index contributed by atoms with van der Waals surface area (Å²) in [4.78, 5) is 25.7. The first-order chi connectivity index (χ1) is 10.0. The van der Waals surface area contributed by atoms with Crippen molar-refractivity contribution in [1.29, 1.82) is 0 Å². The lowest BCUT2D eigenvalue weighted by atomic mass is 10.1. The minimum absolute atomic E-state index is 0.0764. The van der Waals surface area contributed by atoms with Crippen LogP contribution in [0.4, 0.5) is 0 Å². The van der Waals surface area contributed by atoms with E-state index in [0.29, 0.717) is 11.4 Å². The predicted molar refractivity (Wildman–Crippen MR) is 85.5 cm³/mol. The van der Waals surface area contributed by atoms with Gasteiger partial charge in [-0.05, 0) is 48.7 Å². The minimum Gasteiger partial charge on any atom is -0.478 e. The van der Waals surface area contributed by atoms with Crippen molar-refractivity contribution < 1.29 is 14.7 Å². The molecule has 1 amide bonds. The number of hydrogen-bond acceptors (Lipinski definition) is 4. The zero-order chi connectivity index (χ0) is 15.4. The van der Waals surface area contributed by atoms with Gasteiger partial charge >= 0.3 is 5.97 Å². The number of nitrogens with zero attached hydrogens (tertiary/aromatic N) is 1. The molecule has 2 aromatic heterocycles. The number of carboxylic acid groups (broad SMARTS) is 1. The van der Waals surface area contributed by atoms with Crippen LogP contribution >= 0.6 is 22.7 Å². The van der Waals surface area contributed by atoms with E-state index >= 15 is 0 Å². The molecule has 21 heavy (non-hydrogen) atoms. The summed E-state index contributed by atoms with van der Waals surface area (Å²) in [5.74, 6) is -1.10. The van der Waals surface area contributed by atoms with E-state index in [-0.39, 0.29) is 17.5 Å². The lowest BCUT2D eigenvalue weighted by Gasteiger charge is -2.27. The summed E-state index contributed by atoms with van der Waals surface area (Å²) >= 11 is 2.83. The van der Waals surface area contributed by atoms with Gasteiger partial charge in [0.1, 0.15) is 0 Å². The first-order valence-electron chi connectivity index (χ1n) is 6.66. The minimum atomic E-state index is -1.00. The van der Waals surface area contributed by atoms with Crippen LogP contribution in [-0.2, 0) is 6.42 Å². The van der Waals surface area contributed by atoms with Gasteiger partial charge in [0.25, 0.3) is 5.91 Å². The topological polar surface area (TPSA) is 57.6 Å². The highest BCUT2D eigenvalue weighted by atomic mass is 32.1. The maximum Gasteiger partial charge on any atom is 0.336 e. The third kappa shape index (κ3) is 3.71. The zero-order valence-electron chi connectivity index (χ0n) is 11.9. The Morgan fingerprint density at radius 3 is 2.67 bits per heavy atom. The lowest BCUT2D eigenvalue weighted by molar-refractivity contribution is 0.0697. The van der Waals surface area contributed by atoms with Crippen molar-refractivity contribution in [2.45, 2.75) is 26.3 Å². The lowest BCUT2D eigenvalue weighted by Crippen LogP contribution is -2.39. The summed E-state index contributed by atoms with van der Waals surface area (Å²) in [6, 6.07) is 3.59. The molecule has 0 aliphatic heterocycles. The van der Waals surface area contributed by atoms with Gasteiger partial charge in [-0.1, -0.05) is 0 Å². The van der Waals surface area contributed by atoms with Crippen LogP contribution in [0, 0.1) is 0 Å². The van der Waals surface area contributed by atoms with Gasteiger partial charge < -0.3 is 10.0 Å². The van der Waals surface area contributed by atoms with Gasteiger partial charge in [0, 0.05) is 18.0 Å². The Morgan fingerprint density at radius 1 is 1.38 bits per heavy atom. The number of carboxylic acids is 1. The predicted octanol–water partition coefficient (Wildman–Crippen LogP) is 3.60. The van der Waals surface area contributed by atoms with Crippen molar-refractivity contribution in [3.05, 3.63) is 44.3 Å². The smallest absolute Gasteiger partial charge is 0.336 e. The summed E-state index contributed by atoms with van der Waals surface area (Å²) < 4.78 is 0. The molecule has 2 rings (SSSR count). The fraction of sp³-hybridized carbons (Fsp3) is 0.333. The van der Waals surface area contributed by atoms with Crippen LogP contribution in [0.3, 0.4) is 0 Å². The van der Waals surface area contributed by atoms with Gasteiger partial charge in [-0.3, -0.25) is 4.79 Å². The van der Waals surface area contributed by atoms with E-state index in [1.807, 2.05) is 19.2 Å². The van der Waals surface area contributed by atoms with E-state index in [9.17, 15) is 9.59 Å². The van der Waals surface area contributed by atoms with Crippen LogP contribution in [0.5, 0.6) is 0 Å². The number of rotatable bonds is 6. The van der Waals surface area contributed by atoms with E-state index in [4.69, 9.17) is 5.11 Å². The molecule has 0 fully saturated rings. The molecule has 0 saturated heterocycles. The molecule has 0 bridgehead atoms. The number of thiophene rings is 2. The first kappa shape index (κ1) is 15.7. The van der Waals surface area contributed by atoms with E-state index in [2.05, 4.69) is 11.4 Å². The molecule has 112 valence electrons. The molecule has 0 aliphatic rings. The Bertz CT molecular complexity index is 619. The van der Waals surface area contributed by atoms with Crippen LogP contribution in [0.25, 0.3) is 0 Å². The fourth-order valence-corrected chi connectivity index (χ4v) is 3.74. The molecule has 1 N–H and O–H groups in total. The van der Waals surface area contributed by atoms with E-state index < -0.39 is 5.97 Å². The number of hydrogen-bond donors (Lipinski definition) is 1. The van der Waals surface area contributed by atoms with Gasteiger partial charge in [0.15, 0.2) is 0 Å². The van der Waals surface area contributed by atoms with Gasteiger partial charge in [-0.25, -0.2) is 4.79 Å². The summed E-state index contributed by atoms with van der Waals surface area (Å²) in [7, 11) is 0. The summed E-state index contributed by atoms with van der Waals surface area (Å²) in [6.07, 6.45) is 0.806. The first-order valence-corrected chi connectivity index (χ1v) is 8.49. The Labute approximate surface area is 131 Å². The quantitative estimate of drug-likeness (QED) is 0.883. The van der Waals surface area contributed by atoms with Crippen molar-refractivity contribution >= 4 is 34.6 Å². The molecule has 0 spiro atoms. The summed E-state index contributed by atoms with van der Waals surface area (Å²) in [5, 5.41) is 14.6. The van der Waals surface area contributed by atoms with Gasteiger partial charge in [-0.2, -0.15) is 11.3 Å². The van der Waals surface area contributed by atoms with Crippen LogP contribution in [-0.4, -0.2) is 34.5 Å². The number of amides is 1. The van der Waals surface area contributed by atoms with E-state index in [0.717, 1.165) is 6.42 Å². The zero-order valence-corrected chi connectivity index (χ0v) is 13.5. The van der Waals surface area contributed by atoms with Crippen LogP contribution in [0.1, 0.15) is 39.4 Å². The van der Waals surface area contributed by atoms with Gasteiger partial charge in [-0.15, -0.1) is 11.3 Å². The van der Waals surface area contributed by atoms with Crippen molar-refractivity contribution in [3.8, 4) is 0 Å². The number of aromatic carboxylic acids is 1. The molecule has 4 nitrogen and oxygen atoms in total. The molecule has 0 radical (unpaired) electrons. The highest BCUT2D eigenvalue weighted by Crippen LogP contribution is 2.20. The number of carbonyl (C=O) groups excluding carboxylic acids is 1. The Balaban J connectivity index is 2.11. The highest BCUT2D eigenvalue weighted by Gasteiger charge is 2.22. The third-order valence-electron chi connectivity index (χ3n) is 3.30. The molecule has 1 atom stereocenters. The second kappa shape index (κ2) is 6.87. The number of carbonyl (C=O) groups is 2. The molecule has 2 heterocycles. The number of likely N-dealkylation sites (N-methyl/N-ethyl adjacent to an activating group) is 1. The Kier molecular flexibility index (Phi) is 5.14. The van der Waals surface area contributed by atoms with E-state index in [1.54, 1.807) is 16.2 Å². The second-order valence-corrected chi connectivity index (χ2v) is 6.47. The van der Waals surface area contributed by atoms with Crippen LogP contribution < -0.4 is 0 Å². The van der Waals surface area contributed by atoms with Crippen molar-refractivity contribution in [2.75, 3.05) is 6.54 Å². The molecule has 6 heteroatoms. The molecule has 2 aromatic rings. The fourth-order valence-electron chi connectivity index (χ4n) is 2.22. The van der Waals surface area contributed by atoms with Crippen molar-refractivity contribution in [1.82, 2.24) is 4.90 Å². The summed E-state index contributed by atoms with van der Waals surface area (Å²) in [6.45, 7) is 4.56. The maximum atomic E-state index is 12.5.